The zero-order valence-corrected chi connectivity index (χ0v) is 14.5. The lowest BCUT2D eigenvalue weighted by atomic mass is 10.2. The largest absolute Gasteiger partial charge is 0.322 e. The van der Waals surface area contributed by atoms with Crippen molar-refractivity contribution < 1.29 is 14.2 Å². The quantitative estimate of drug-likeness (QED) is 0.626. The number of hydrogen-bond donors (Lipinski definition) is 3. The number of carbonyl (C=O) groups is 1. The highest BCUT2D eigenvalue weighted by molar-refractivity contribution is 7.86. The third-order valence-electron chi connectivity index (χ3n) is 3.56. The van der Waals surface area contributed by atoms with E-state index in [2.05, 4.69) is 10.0 Å². The summed E-state index contributed by atoms with van der Waals surface area (Å²) in [5, 5.41) is 4.51. The summed E-state index contributed by atoms with van der Waals surface area (Å²) >= 11 is 0. The topological polar surface area (TPSA) is 89.2 Å². The van der Waals surface area contributed by atoms with Gasteiger partial charge in [0.25, 0.3) is 11.6 Å². The van der Waals surface area contributed by atoms with Crippen LogP contribution in [-0.4, -0.2) is 10.1 Å². The van der Waals surface area contributed by atoms with E-state index in [1.54, 1.807) is 53.7 Å². The molecule has 1 atom stereocenters. The summed E-state index contributed by atoms with van der Waals surface area (Å²) in [7, 11) is -1.49. The monoisotopic (exact) mass is 366 g/mol. The van der Waals surface area contributed by atoms with E-state index in [0.29, 0.717) is 21.8 Å². The summed E-state index contributed by atoms with van der Waals surface area (Å²) in [6.07, 6.45) is 0. The van der Waals surface area contributed by atoms with E-state index in [4.69, 9.17) is 0 Å². The molecule has 130 valence electrons. The second-order valence-corrected chi connectivity index (χ2v) is 6.61. The Hall–Kier alpha value is -3.32. The summed E-state index contributed by atoms with van der Waals surface area (Å²) < 4.78 is 15.3. The van der Waals surface area contributed by atoms with Crippen LogP contribution in [-0.2, 0) is 11.0 Å². The van der Waals surface area contributed by atoms with Gasteiger partial charge >= 0.3 is 0 Å². The minimum atomic E-state index is -1.49. The number of anilines is 2. The number of carbonyl (C=O) groups excluding carboxylic acids is 1. The minimum absolute atomic E-state index is 0.327. The van der Waals surface area contributed by atoms with Gasteiger partial charge in [-0.2, -0.15) is 0 Å². The number of hydrogen-bond acceptors (Lipinski definition) is 3. The van der Waals surface area contributed by atoms with Gasteiger partial charge in [-0.15, -0.1) is 0 Å². The van der Waals surface area contributed by atoms with Crippen LogP contribution >= 0.6 is 0 Å². The van der Waals surface area contributed by atoms with Crippen LogP contribution in [0, 0.1) is 4.91 Å². The Kier molecular flexibility index (Phi) is 5.50. The number of benzene rings is 3. The van der Waals surface area contributed by atoms with E-state index in [1.807, 2.05) is 30.3 Å². The number of amides is 1. The molecule has 0 heterocycles. The fourth-order valence-electron chi connectivity index (χ4n) is 2.25. The average Bonchev–Trinajstić information content (AvgIpc) is 2.69. The molecule has 3 aromatic rings. The SMILES string of the molecule is O=[NH+]c1ccc(NC(=O)c2cccc(S(=O)Nc3ccccc3)c2)cc1. The minimum Gasteiger partial charge on any atom is -0.322 e. The Labute approximate surface area is 152 Å². The lowest BCUT2D eigenvalue weighted by molar-refractivity contribution is -0.379. The Balaban J connectivity index is 1.72. The lowest BCUT2D eigenvalue weighted by Gasteiger charge is -2.08. The highest BCUT2D eigenvalue weighted by Crippen LogP contribution is 2.16. The first-order valence-electron chi connectivity index (χ1n) is 7.79. The van der Waals surface area contributed by atoms with Crippen molar-refractivity contribution >= 4 is 34.0 Å². The molecule has 1 unspecified atom stereocenters. The smallest absolute Gasteiger partial charge is 0.255 e. The van der Waals surface area contributed by atoms with Gasteiger partial charge in [-0.1, -0.05) is 24.3 Å². The fourth-order valence-corrected chi connectivity index (χ4v) is 3.15. The van der Waals surface area contributed by atoms with Crippen LogP contribution in [0.4, 0.5) is 17.1 Å². The normalized spacial score (nSPS) is 11.4. The zero-order chi connectivity index (χ0) is 18.4. The van der Waals surface area contributed by atoms with Crippen LogP contribution in [0.25, 0.3) is 0 Å². The number of nitrogens with one attached hydrogen (secondary N) is 3. The predicted molar refractivity (Wildman–Crippen MR) is 101 cm³/mol. The second kappa shape index (κ2) is 8.17. The van der Waals surface area contributed by atoms with Crippen LogP contribution in [0.15, 0.2) is 83.8 Å². The molecule has 0 aromatic heterocycles. The van der Waals surface area contributed by atoms with E-state index in [0.717, 1.165) is 5.69 Å². The van der Waals surface area contributed by atoms with Crippen molar-refractivity contribution in [3.05, 3.63) is 89.3 Å². The van der Waals surface area contributed by atoms with Crippen molar-refractivity contribution in [2.75, 3.05) is 10.0 Å². The molecule has 3 N–H and O–H groups in total. The Morgan fingerprint density at radius 2 is 1.58 bits per heavy atom. The van der Waals surface area contributed by atoms with Gasteiger partial charge in [0.2, 0.25) is 0 Å². The molecule has 6 nitrogen and oxygen atoms in total. The second-order valence-electron chi connectivity index (χ2n) is 5.40. The van der Waals surface area contributed by atoms with E-state index < -0.39 is 11.0 Å². The van der Waals surface area contributed by atoms with Crippen LogP contribution in [0.3, 0.4) is 0 Å². The predicted octanol–water partition coefficient (Wildman–Crippen LogP) is 2.55. The molecular formula is C19H16N3O3S+. The van der Waals surface area contributed by atoms with E-state index in [9.17, 15) is 13.9 Å². The van der Waals surface area contributed by atoms with Crippen LogP contribution < -0.4 is 15.2 Å². The summed E-state index contributed by atoms with van der Waals surface area (Å²) in [5.41, 5.74) is 2.08. The van der Waals surface area contributed by atoms with Crippen LogP contribution in [0.1, 0.15) is 10.4 Å². The molecule has 0 spiro atoms. The number of para-hydroxylation sites is 1. The van der Waals surface area contributed by atoms with Gasteiger partial charge in [0.05, 0.1) is 4.90 Å². The summed E-state index contributed by atoms with van der Waals surface area (Å²) in [6.45, 7) is 0. The Morgan fingerprint density at radius 1 is 0.846 bits per heavy atom. The molecule has 0 radical (unpaired) electrons. The van der Waals surface area contributed by atoms with Crippen molar-refractivity contribution in [2.45, 2.75) is 4.90 Å². The first kappa shape index (κ1) is 17.5. The summed E-state index contributed by atoms with van der Waals surface area (Å²) in [5.74, 6) is -0.327. The first-order valence-corrected chi connectivity index (χ1v) is 8.94. The molecule has 1 amide bonds. The Morgan fingerprint density at radius 3 is 2.27 bits per heavy atom. The van der Waals surface area contributed by atoms with Gasteiger partial charge in [-0.3, -0.25) is 4.79 Å². The number of nitroso groups, excluding NO2 is 1. The molecule has 7 heteroatoms. The van der Waals surface area contributed by atoms with Crippen molar-refractivity contribution in [3.8, 4) is 0 Å². The van der Waals surface area contributed by atoms with E-state index in [1.165, 1.54) is 0 Å². The van der Waals surface area contributed by atoms with E-state index >= 15 is 0 Å². The first-order chi connectivity index (χ1) is 12.7. The molecule has 0 aliphatic rings. The van der Waals surface area contributed by atoms with Gasteiger partial charge in [-0.05, 0) is 42.5 Å². The van der Waals surface area contributed by atoms with Crippen molar-refractivity contribution in [2.24, 2.45) is 0 Å². The van der Waals surface area contributed by atoms with Crippen molar-refractivity contribution in [3.63, 3.8) is 0 Å². The molecule has 3 aromatic carbocycles. The molecule has 0 bridgehead atoms. The molecule has 0 saturated carbocycles. The highest BCUT2D eigenvalue weighted by Gasteiger charge is 2.11. The maximum Gasteiger partial charge on any atom is 0.255 e. The Bertz CT molecular complexity index is 944. The molecule has 3 rings (SSSR count). The maximum atomic E-state index is 12.4. The third-order valence-corrected chi connectivity index (χ3v) is 4.66. The summed E-state index contributed by atoms with van der Waals surface area (Å²) in [4.78, 5) is 23.4. The van der Waals surface area contributed by atoms with Gasteiger partial charge in [0.15, 0.2) is 0 Å². The molecular weight excluding hydrogens is 350 g/mol. The average molecular weight is 366 g/mol. The molecule has 0 fully saturated rings. The highest BCUT2D eigenvalue weighted by atomic mass is 32.2. The number of rotatable bonds is 6. The standard InChI is InChI=1S/C19H15N3O3S/c23-19(20-15-9-11-16(21-24)12-10-15)14-5-4-8-18(13-14)26(25)22-17-6-2-1-3-7-17/h1-13,22H,(H,20,23)/p+1. The molecule has 0 aliphatic carbocycles. The van der Waals surface area contributed by atoms with Crippen LogP contribution in [0.2, 0.25) is 0 Å². The van der Waals surface area contributed by atoms with Gasteiger partial charge in [0, 0.05) is 39.2 Å². The fraction of sp³-hybridized carbons (Fsp3) is 0. The molecule has 26 heavy (non-hydrogen) atoms. The van der Waals surface area contributed by atoms with Gasteiger partial charge < -0.3 is 10.0 Å². The third kappa shape index (κ3) is 4.40. The van der Waals surface area contributed by atoms with E-state index in [-0.39, 0.29) is 5.91 Å². The van der Waals surface area contributed by atoms with Crippen LogP contribution in [0.5, 0.6) is 0 Å². The zero-order valence-electron chi connectivity index (χ0n) is 13.6. The van der Waals surface area contributed by atoms with Crippen molar-refractivity contribution in [1.82, 2.24) is 0 Å². The van der Waals surface area contributed by atoms with Gasteiger partial charge in [-0.25, -0.2) is 4.21 Å². The summed E-state index contributed by atoms with van der Waals surface area (Å²) in [6, 6.07) is 22.2. The lowest BCUT2D eigenvalue weighted by Crippen LogP contribution is -2.55. The van der Waals surface area contributed by atoms with Gasteiger partial charge in [0.1, 0.15) is 11.0 Å². The van der Waals surface area contributed by atoms with Crippen molar-refractivity contribution in [1.29, 1.82) is 0 Å². The molecule has 0 saturated heterocycles. The molecule has 0 aliphatic heterocycles. The maximum absolute atomic E-state index is 12.4.